The number of hydrogen-bond donors (Lipinski definition) is 2. The zero-order valence-corrected chi connectivity index (χ0v) is 20.6. The van der Waals surface area contributed by atoms with E-state index in [-0.39, 0.29) is 35.2 Å². The fourth-order valence-corrected chi connectivity index (χ4v) is 3.78. The predicted molar refractivity (Wildman–Crippen MR) is 131 cm³/mol. The van der Waals surface area contributed by atoms with Gasteiger partial charge in [-0.3, -0.25) is 4.99 Å². The van der Waals surface area contributed by atoms with Crippen molar-refractivity contribution in [1.82, 2.24) is 10.6 Å². The van der Waals surface area contributed by atoms with E-state index in [1.165, 1.54) is 12.1 Å². The molecule has 0 aromatic heterocycles. The number of guanidine groups is 1. The summed E-state index contributed by atoms with van der Waals surface area (Å²) in [6, 6.07) is 12.5. The second-order valence-electron chi connectivity index (χ2n) is 7.36. The van der Waals surface area contributed by atoms with E-state index in [0.717, 1.165) is 35.5 Å². The molecule has 0 spiro atoms. The Morgan fingerprint density at radius 3 is 2.39 bits per heavy atom. The van der Waals surface area contributed by atoms with Crippen molar-refractivity contribution >= 4 is 29.9 Å². The first-order chi connectivity index (χ1) is 14.6. The van der Waals surface area contributed by atoms with Gasteiger partial charge in [0.05, 0.1) is 14.2 Å². The van der Waals surface area contributed by atoms with Gasteiger partial charge in [-0.05, 0) is 42.7 Å². The quantitative estimate of drug-likeness (QED) is 0.316. The van der Waals surface area contributed by atoms with E-state index >= 15 is 0 Å². The van der Waals surface area contributed by atoms with Crippen LogP contribution in [0.2, 0.25) is 0 Å². The van der Waals surface area contributed by atoms with Crippen molar-refractivity contribution in [3.8, 4) is 11.5 Å². The molecule has 1 fully saturated rings. The third-order valence-electron chi connectivity index (χ3n) is 5.66. The molecule has 8 heteroatoms. The molecule has 0 saturated carbocycles. The Labute approximate surface area is 200 Å². The van der Waals surface area contributed by atoms with Crippen LogP contribution in [-0.2, 0) is 16.7 Å². The van der Waals surface area contributed by atoms with Crippen LogP contribution in [0.1, 0.15) is 24.0 Å². The second kappa shape index (κ2) is 12.1. The summed E-state index contributed by atoms with van der Waals surface area (Å²) in [4.78, 5) is 4.35. The maximum absolute atomic E-state index is 13.4. The molecule has 1 aliphatic heterocycles. The zero-order chi connectivity index (χ0) is 21.4. The fraction of sp³-hybridized carbons (Fsp3) is 0.435. The van der Waals surface area contributed by atoms with Gasteiger partial charge in [0.2, 0.25) is 0 Å². The molecule has 2 aromatic carbocycles. The van der Waals surface area contributed by atoms with Gasteiger partial charge in [-0.2, -0.15) is 0 Å². The third kappa shape index (κ3) is 6.46. The standard InChI is InChI=1S/C23H30FN3O3.HI/c1-25-22(26-15-17-4-9-20(28-2)14-21(17)29-3)27-16-23(10-12-30-13-11-23)18-5-7-19(24)8-6-18;/h4-9,14H,10-13,15-16H2,1-3H3,(H2,25,26,27);1H. The lowest BCUT2D eigenvalue weighted by Gasteiger charge is -2.38. The SMILES string of the molecule is CN=C(NCc1ccc(OC)cc1OC)NCC1(c2ccc(F)cc2)CCOCC1.I. The minimum absolute atomic E-state index is 0. The highest BCUT2D eigenvalue weighted by molar-refractivity contribution is 14.0. The first kappa shape index (κ1) is 25.2. The maximum Gasteiger partial charge on any atom is 0.191 e. The summed E-state index contributed by atoms with van der Waals surface area (Å²) in [5, 5.41) is 6.79. The molecular formula is C23H31FIN3O3. The summed E-state index contributed by atoms with van der Waals surface area (Å²) in [6.07, 6.45) is 1.74. The largest absolute Gasteiger partial charge is 0.497 e. The van der Waals surface area contributed by atoms with Crippen LogP contribution in [0.5, 0.6) is 11.5 Å². The average molecular weight is 543 g/mol. The van der Waals surface area contributed by atoms with E-state index < -0.39 is 0 Å². The molecule has 2 aromatic rings. The van der Waals surface area contributed by atoms with Crippen molar-refractivity contribution in [2.75, 3.05) is 41.0 Å². The van der Waals surface area contributed by atoms with Crippen molar-refractivity contribution in [1.29, 1.82) is 0 Å². The first-order valence-corrected chi connectivity index (χ1v) is 10.1. The molecule has 0 aliphatic carbocycles. The van der Waals surface area contributed by atoms with E-state index in [9.17, 15) is 4.39 Å². The average Bonchev–Trinajstić information content (AvgIpc) is 2.80. The molecule has 31 heavy (non-hydrogen) atoms. The molecule has 1 saturated heterocycles. The van der Waals surface area contributed by atoms with Crippen LogP contribution in [0.25, 0.3) is 0 Å². The van der Waals surface area contributed by atoms with Crippen LogP contribution in [0.4, 0.5) is 4.39 Å². The molecule has 1 heterocycles. The summed E-state index contributed by atoms with van der Waals surface area (Å²) in [6.45, 7) is 2.61. The van der Waals surface area contributed by atoms with Crippen LogP contribution >= 0.6 is 24.0 Å². The van der Waals surface area contributed by atoms with Crippen LogP contribution < -0.4 is 20.1 Å². The van der Waals surface area contributed by atoms with Gasteiger partial charge in [-0.25, -0.2) is 4.39 Å². The van der Waals surface area contributed by atoms with Crippen molar-refractivity contribution in [2.45, 2.75) is 24.8 Å². The molecule has 1 aliphatic rings. The molecular weight excluding hydrogens is 512 g/mol. The minimum atomic E-state index is -0.222. The number of benzene rings is 2. The van der Waals surface area contributed by atoms with E-state index in [1.807, 2.05) is 30.3 Å². The Hall–Kier alpha value is -2.07. The maximum atomic E-state index is 13.4. The van der Waals surface area contributed by atoms with Gasteiger partial charge in [0.1, 0.15) is 17.3 Å². The van der Waals surface area contributed by atoms with E-state index in [1.54, 1.807) is 21.3 Å². The van der Waals surface area contributed by atoms with Gasteiger partial charge in [-0.1, -0.05) is 12.1 Å². The Bertz CT molecular complexity index is 856. The molecule has 0 radical (unpaired) electrons. The van der Waals surface area contributed by atoms with Crippen LogP contribution in [0, 0.1) is 5.82 Å². The zero-order valence-electron chi connectivity index (χ0n) is 18.2. The monoisotopic (exact) mass is 543 g/mol. The highest BCUT2D eigenvalue weighted by Gasteiger charge is 2.34. The predicted octanol–water partition coefficient (Wildman–Crippen LogP) is 3.87. The van der Waals surface area contributed by atoms with Gasteiger partial charge >= 0.3 is 0 Å². The molecule has 3 rings (SSSR count). The molecule has 0 atom stereocenters. The summed E-state index contributed by atoms with van der Waals surface area (Å²) < 4.78 is 29.7. The highest BCUT2D eigenvalue weighted by atomic mass is 127. The minimum Gasteiger partial charge on any atom is -0.497 e. The highest BCUT2D eigenvalue weighted by Crippen LogP contribution is 2.34. The summed E-state index contributed by atoms with van der Waals surface area (Å²) >= 11 is 0. The van der Waals surface area contributed by atoms with Gasteiger partial charge in [0, 0.05) is 50.4 Å². The topological polar surface area (TPSA) is 64.1 Å². The summed E-state index contributed by atoms with van der Waals surface area (Å²) in [7, 11) is 5.02. The summed E-state index contributed by atoms with van der Waals surface area (Å²) in [5.41, 5.74) is 1.99. The number of hydrogen-bond acceptors (Lipinski definition) is 4. The summed E-state index contributed by atoms with van der Waals surface area (Å²) in [5.74, 6) is 1.98. The lowest BCUT2D eigenvalue weighted by atomic mass is 9.74. The fourth-order valence-electron chi connectivity index (χ4n) is 3.78. The number of nitrogens with zero attached hydrogens (tertiary/aromatic N) is 1. The number of methoxy groups -OCH3 is 2. The first-order valence-electron chi connectivity index (χ1n) is 10.1. The van der Waals surface area contributed by atoms with Gasteiger partial charge in [0.15, 0.2) is 5.96 Å². The van der Waals surface area contributed by atoms with Gasteiger partial charge < -0.3 is 24.8 Å². The number of ether oxygens (including phenoxy) is 3. The normalized spacial score (nSPS) is 15.5. The number of rotatable bonds is 7. The number of aliphatic imine (C=N–C) groups is 1. The molecule has 170 valence electrons. The number of halogens is 2. The Morgan fingerprint density at radius 2 is 1.77 bits per heavy atom. The lowest BCUT2D eigenvalue weighted by molar-refractivity contribution is 0.0513. The molecule has 0 bridgehead atoms. The third-order valence-corrected chi connectivity index (χ3v) is 5.66. The van der Waals surface area contributed by atoms with Crippen molar-refractivity contribution in [3.63, 3.8) is 0 Å². The molecule has 6 nitrogen and oxygen atoms in total. The van der Waals surface area contributed by atoms with Crippen molar-refractivity contribution < 1.29 is 18.6 Å². The van der Waals surface area contributed by atoms with Crippen LogP contribution in [0.15, 0.2) is 47.5 Å². The molecule has 0 unspecified atom stereocenters. The Morgan fingerprint density at radius 1 is 1.06 bits per heavy atom. The molecule has 0 amide bonds. The Kier molecular flexibility index (Phi) is 9.83. The van der Waals surface area contributed by atoms with Crippen LogP contribution in [0.3, 0.4) is 0 Å². The van der Waals surface area contributed by atoms with Gasteiger partial charge in [0.25, 0.3) is 0 Å². The molecule has 2 N–H and O–H groups in total. The van der Waals surface area contributed by atoms with E-state index in [0.29, 0.717) is 32.3 Å². The number of nitrogens with one attached hydrogen (secondary N) is 2. The Balaban J connectivity index is 0.00000341. The van der Waals surface area contributed by atoms with E-state index in [2.05, 4.69) is 15.6 Å². The van der Waals surface area contributed by atoms with E-state index in [4.69, 9.17) is 14.2 Å². The lowest BCUT2D eigenvalue weighted by Crippen LogP contribution is -2.47. The van der Waals surface area contributed by atoms with Crippen LogP contribution in [-0.4, -0.2) is 47.0 Å². The van der Waals surface area contributed by atoms with Crippen molar-refractivity contribution in [3.05, 3.63) is 59.4 Å². The smallest absolute Gasteiger partial charge is 0.191 e. The van der Waals surface area contributed by atoms with Crippen molar-refractivity contribution in [2.24, 2.45) is 4.99 Å². The second-order valence-corrected chi connectivity index (χ2v) is 7.36. The van der Waals surface area contributed by atoms with Gasteiger partial charge in [-0.15, -0.1) is 24.0 Å².